The van der Waals surface area contributed by atoms with Gasteiger partial charge in [-0.1, -0.05) is 0 Å². The van der Waals surface area contributed by atoms with Gasteiger partial charge in [-0.2, -0.15) is 0 Å². The predicted molar refractivity (Wildman–Crippen MR) is 78.6 cm³/mol. The van der Waals surface area contributed by atoms with Crippen molar-refractivity contribution in [3.8, 4) is 0 Å². The number of methoxy groups -OCH3 is 1. The van der Waals surface area contributed by atoms with Gasteiger partial charge < -0.3 is 14.5 Å². The summed E-state index contributed by atoms with van der Waals surface area (Å²) in [6, 6.07) is -0.433. The highest BCUT2D eigenvalue weighted by atomic mass is 32.2. The Labute approximate surface area is 126 Å². The molecule has 1 rings (SSSR count). The van der Waals surface area contributed by atoms with Crippen molar-refractivity contribution in [3.05, 3.63) is 0 Å². The van der Waals surface area contributed by atoms with Crippen LogP contribution in [0.2, 0.25) is 0 Å². The summed E-state index contributed by atoms with van der Waals surface area (Å²) in [5.74, 6) is -1.24. The van der Waals surface area contributed by atoms with Crippen LogP contribution in [0.25, 0.3) is 0 Å². The third-order valence-electron chi connectivity index (χ3n) is 3.68. The minimum absolute atomic E-state index is 0.0634. The van der Waals surface area contributed by atoms with Gasteiger partial charge in [-0.15, -0.1) is 0 Å². The molecule has 0 aromatic carbocycles. The summed E-state index contributed by atoms with van der Waals surface area (Å²) in [6.45, 7) is 4.99. The molecule has 1 unspecified atom stereocenters. The van der Waals surface area contributed by atoms with Gasteiger partial charge in [-0.05, 0) is 20.3 Å². The Balaban J connectivity index is 2.86. The van der Waals surface area contributed by atoms with Gasteiger partial charge in [-0.25, -0.2) is 8.42 Å². The lowest BCUT2D eigenvalue weighted by Crippen LogP contribution is -2.50. The molecule has 1 fully saturated rings. The van der Waals surface area contributed by atoms with Gasteiger partial charge in [0.1, 0.15) is 0 Å². The molecular weight excluding hydrogens is 296 g/mol. The quantitative estimate of drug-likeness (QED) is 0.617. The second kappa shape index (κ2) is 7.74. The van der Waals surface area contributed by atoms with Crippen LogP contribution in [0.4, 0.5) is 0 Å². The van der Waals surface area contributed by atoms with E-state index in [9.17, 15) is 18.0 Å². The van der Waals surface area contributed by atoms with Crippen molar-refractivity contribution < 1.29 is 22.7 Å². The summed E-state index contributed by atoms with van der Waals surface area (Å²) in [5, 5.41) is 0. The van der Waals surface area contributed by atoms with Crippen LogP contribution in [0.15, 0.2) is 0 Å². The van der Waals surface area contributed by atoms with Gasteiger partial charge in [0, 0.05) is 32.8 Å². The van der Waals surface area contributed by atoms with E-state index in [-0.39, 0.29) is 24.7 Å². The summed E-state index contributed by atoms with van der Waals surface area (Å²) >= 11 is 0. The summed E-state index contributed by atoms with van der Waals surface area (Å²) < 4.78 is 28.1. The molecular formula is C13H24N2O5S. The highest BCUT2D eigenvalue weighted by Gasteiger charge is 2.37. The van der Waals surface area contributed by atoms with E-state index < -0.39 is 27.7 Å². The molecule has 8 heteroatoms. The molecule has 122 valence electrons. The van der Waals surface area contributed by atoms with Gasteiger partial charge in [0.2, 0.25) is 0 Å². The van der Waals surface area contributed by atoms with Crippen LogP contribution in [0.5, 0.6) is 0 Å². The highest BCUT2D eigenvalue weighted by molar-refractivity contribution is 7.91. The summed E-state index contributed by atoms with van der Waals surface area (Å²) in [5.41, 5.74) is 0. The first-order valence-electron chi connectivity index (χ1n) is 7.15. The molecule has 0 N–H and O–H groups in total. The van der Waals surface area contributed by atoms with E-state index in [1.807, 2.05) is 0 Å². The Morgan fingerprint density at radius 2 is 1.81 bits per heavy atom. The second-order valence-corrected chi connectivity index (χ2v) is 7.25. The largest absolute Gasteiger partial charge is 0.383 e. The van der Waals surface area contributed by atoms with Crippen molar-refractivity contribution in [3.63, 3.8) is 0 Å². The number of sulfone groups is 1. The summed E-state index contributed by atoms with van der Waals surface area (Å²) in [6.07, 6.45) is 0.378. The molecule has 0 saturated carbocycles. The minimum atomic E-state index is -3.12. The Hall–Kier alpha value is -1.15. The fourth-order valence-electron chi connectivity index (χ4n) is 2.43. The summed E-state index contributed by atoms with van der Waals surface area (Å²) in [4.78, 5) is 27.4. The Morgan fingerprint density at radius 3 is 2.24 bits per heavy atom. The maximum atomic E-state index is 12.4. The maximum Gasteiger partial charge on any atom is 0.312 e. The number of ether oxygens (including phenoxy) is 1. The molecule has 0 aromatic heterocycles. The lowest BCUT2D eigenvalue weighted by atomic mass is 10.2. The van der Waals surface area contributed by atoms with E-state index in [2.05, 4.69) is 0 Å². The third-order valence-corrected chi connectivity index (χ3v) is 5.43. The Kier molecular flexibility index (Phi) is 6.60. The van der Waals surface area contributed by atoms with E-state index >= 15 is 0 Å². The molecule has 1 atom stereocenters. The first-order valence-corrected chi connectivity index (χ1v) is 8.97. The van der Waals surface area contributed by atoms with Crippen molar-refractivity contribution >= 4 is 21.7 Å². The van der Waals surface area contributed by atoms with Crippen LogP contribution in [-0.2, 0) is 24.2 Å². The van der Waals surface area contributed by atoms with Crippen molar-refractivity contribution in [1.82, 2.24) is 9.80 Å². The van der Waals surface area contributed by atoms with Crippen LogP contribution in [0, 0.1) is 0 Å². The molecule has 0 aliphatic carbocycles. The van der Waals surface area contributed by atoms with Gasteiger partial charge in [0.05, 0.1) is 18.1 Å². The lowest BCUT2D eigenvalue weighted by molar-refractivity contribution is -0.153. The molecule has 21 heavy (non-hydrogen) atoms. The molecule has 0 radical (unpaired) electrons. The maximum absolute atomic E-state index is 12.4. The van der Waals surface area contributed by atoms with E-state index in [0.29, 0.717) is 19.5 Å². The van der Waals surface area contributed by atoms with Crippen LogP contribution in [0.3, 0.4) is 0 Å². The van der Waals surface area contributed by atoms with Crippen molar-refractivity contribution in [2.75, 3.05) is 44.9 Å². The fourth-order valence-corrected chi connectivity index (χ4v) is 4.16. The van der Waals surface area contributed by atoms with Gasteiger partial charge >= 0.3 is 11.8 Å². The second-order valence-electron chi connectivity index (χ2n) is 5.03. The van der Waals surface area contributed by atoms with Crippen molar-refractivity contribution in [2.24, 2.45) is 0 Å². The molecule has 1 saturated heterocycles. The number of carbonyl (C=O) groups is 2. The van der Waals surface area contributed by atoms with E-state index in [1.54, 1.807) is 13.8 Å². The number of nitrogens with zero attached hydrogens (tertiary/aromatic N) is 2. The van der Waals surface area contributed by atoms with Crippen LogP contribution < -0.4 is 0 Å². The average molecular weight is 320 g/mol. The number of rotatable bonds is 6. The zero-order valence-electron chi connectivity index (χ0n) is 12.9. The first-order chi connectivity index (χ1) is 9.86. The highest BCUT2D eigenvalue weighted by Crippen LogP contribution is 2.18. The van der Waals surface area contributed by atoms with Gasteiger partial charge in [0.15, 0.2) is 9.84 Å². The molecule has 2 amide bonds. The standard InChI is InChI=1S/C13H24N2O5S/c1-4-14(5-2)12(16)13(17)15(7-8-20-3)11-6-9-21(18,19)10-11/h11H,4-10H2,1-3H3. The van der Waals surface area contributed by atoms with E-state index in [4.69, 9.17) is 4.74 Å². The van der Waals surface area contributed by atoms with Crippen LogP contribution in [0.1, 0.15) is 20.3 Å². The molecule has 1 aliphatic rings. The Morgan fingerprint density at radius 1 is 1.19 bits per heavy atom. The molecule has 1 heterocycles. The molecule has 0 aromatic rings. The van der Waals surface area contributed by atoms with Crippen molar-refractivity contribution in [1.29, 1.82) is 0 Å². The number of likely N-dealkylation sites (N-methyl/N-ethyl adjacent to an activating group) is 1. The predicted octanol–water partition coefficient (Wildman–Crippen LogP) is -0.483. The molecule has 0 bridgehead atoms. The topological polar surface area (TPSA) is 84.0 Å². The van der Waals surface area contributed by atoms with Crippen LogP contribution in [-0.4, -0.2) is 80.9 Å². The van der Waals surface area contributed by atoms with Crippen LogP contribution >= 0.6 is 0 Å². The lowest BCUT2D eigenvalue weighted by Gasteiger charge is -2.29. The molecule has 1 aliphatic heterocycles. The molecule has 7 nitrogen and oxygen atoms in total. The number of hydrogen-bond donors (Lipinski definition) is 0. The zero-order valence-corrected chi connectivity index (χ0v) is 13.7. The summed E-state index contributed by atoms with van der Waals surface area (Å²) in [7, 11) is -1.62. The van der Waals surface area contributed by atoms with E-state index in [1.165, 1.54) is 16.9 Å². The number of amides is 2. The normalized spacial score (nSPS) is 20.2. The fraction of sp³-hybridized carbons (Fsp3) is 0.846. The Bertz CT molecular complexity index is 473. The van der Waals surface area contributed by atoms with E-state index in [0.717, 1.165) is 0 Å². The SMILES string of the molecule is CCN(CC)C(=O)C(=O)N(CCOC)C1CCS(=O)(=O)C1. The average Bonchev–Trinajstić information content (AvgIpc) is 2.80. The first kappa shape index (κ1) is 17.9. The monoisotopic (exact) mass is 320 g/mol. The zero-order chi connectivity index (χ0) is 16.0. The smallest absolute Gasteiger partial charge is 0.312 e. The van der Waals surface area contributed by atoms with Gasteiger partial charge in [0.25, 0.3) is 0 Å². The minimum Gasteiger partial charge on any atom is -0.383 e. The van der Waals surface area contributed by atoms with Gasteiger partial charge in [-0.3, -0.25) is 9.59 Å². The molecule has 0 spiro atoms. The van der Waals surface area contributed by atoms with Crippen molar-refractivity contribution in [2.45, 2.75) is 26.3 Å². The number of hydrogen-bond acceptors (Lipinski definition) is 5. The number of carbonyl (C=O) groups excluding carboxylic acids is 2. The third kappa shape index (κ3) is 4.67.